The highest BCUT2D eigenvalue weighted by molar-refractivity contribution is 9.09. The number of hydrogen-bond acceptors (Lipinski definition) is 1. The van der Waals surface area contributed by atoms with Gasteiger partial charge in [-0.3, -0.25) is 4.90 Å². The second-order valence-corrected chi connectivity index (χ2v) is 5.75. The van der Waals surface area contributed by atoms with Crippen molar-refractivity contribution in [2.45, 2.75) is 25.4 Å². The predicted molar refractivity (Wildman–Crippen MR) is 73.7 cm³/mol. The summed E-state index contributed by atoms with van der Waals surface area (Å²) in [4.78, 5) is 2.49. The number of benzene rings is 1. The molecule has 0 bridgehead atoms. The van der Waals surface area contributed by atoms with Gasteiger partial charge < -0.3 is 0 Å². The van der Waals surface area contributed by atoms with Crippen LogP contribution in [0.3, 0.4) is 0 Å². The topological polar surface area (TPSA) is 3.24 Å². The summed E-state index contributed by atoms with van der Waals surface area (Å²) in [7, 11) is 0. The third-order valence-corrected chi connectivity index (χ3v) is 3.90. The van der Waals surface area contributed by atoms with E-state index in [2.05, 4.69) is 26.9 Å². The Morgan fingerprint density at radius 1 is 1.25 bits per heavy atom. The second kappa shape index (κ2) is 5.72. The lowest BCUT2D eigenvalue weighted by Gasteiger charge is -2.21. The van der Waals surface area contributed by atoms with Gasteiger partial charge in [-0.15, -0.1) is 0 Å². The summed E-state index contributed by atoms with van der Waals surface area (Å²) in [6.07, 6.45) is 2.66. The van der Waals surface area contributed by atoms with Gasteiger partial charge in [0.25, 0.3) is 0 Å². The SMILES string of the molecule is Clc1ccc(CN(CCBr)C2CC2)cc1Cl. The molecule has 0 aromatic heterocycles. The van der Waals surface area contributed by atoms with Crippen LogP contribution in [0.2, 0.25) is 10.0 Å². The van der Waals surface area contributed by atoms with Gasteiger partial charge in [-0.05, 0) is 30.5 Å². The van der Waals surface area contributed by atoms with Gasteiger partial charge in [-0.1, -0.05) is 45.2 Å². The Bertz CT molecular complexity index is 366. The van der Waals surface area contributed by atoms with Gasteiger partial charge in [0.15, 0.2) is 0 Å². The molecule has 2 rings (SSSR count). The Morgan fingerprint density at radius 2 is 2.00 bits per heavy atom. The molecule has 1 nitrogen and oxygen atoms in total. The Balaban J connectivity index is 2.03. The minimum atomic E-state index is 0.629. The van der Waals surface area contributed by atoms with E-state index in [1.807, 2.05) is 12.1 Å². The molecule has 0 unspecified atom stereocenters. The van der Waals surface area contributed by atoms with Crippen LogP contribution in [-0.4, -0.2) is 22.8 Å². The number of nitrogens with zero attached hydrogens (tertiary/aromatic N) is 1. The molecule has 0 saturated heterocycles. The molecule has 0 spiro atoms. The van der Waals surface area contributed by atoms with Gasteiger partial charge >= 0.3 is 0 Å². The van der Waals surface area contributed by atoms with Crippen LogP contribution in [0, 0.1) is 0 Å². The lowest BCUT2D eigenvalue weighted by atomic mass is 10.2. The molecule has 1 saturated carbocycles. The zero-order valence-corrected chi connectivity index (χ0v) is 12.0. The maximum atomic E-state index is 6.01. The molecular weight excluding hydrogens is 309 g/mol. The van der Waals surface area contributed by atoms with E-state index in [0.717, 1.165) is 24.5 Å². The molecule has 1 aromatic rings. The Labute approximate surface area is 115 Å². The smallest absolute Gasteiger partial charge is 0.0595 e. The monoisotopic (exact) mass is 321 g/mol. The average Bonchev–Trinajstić information content (AvgIpc) is 3.06. The first-order valence-corrected chi connectivity index (χ1v) is 7.32. The van der Waals surface area contributed by atoms with Crippen LogP contribution in [0.1, 0.15) is 18.4 Å². The van der Waals surface area contributed by atoms with Crippen LogP contribution < -0.4 is 0 Å². The number of rotatable bonds is 5. The molecule has 16 heavy (non-hydrogen) atoms. The first kappa shape index (κ1) is 12.7. The molecule has 0 atom stereocenters. The maximum Gasteiger partial charge on any atom is 0.0595 e. The fourth-order valence-corrected chi connectivity index (χ4v) is 2.59. The summed E-state index contributed by atoms with van der Waals surface area (Å²) in [5.41, 5.74) is 1.24. The van der Waals surface area contributed by atoms with E-state index in [9.17, 15) is 0 Å². The van der Waals surface area contributed by atoms with E-state index in [4.69, 9.17) is 23.2 Å². The lowest BCUT2D eigenvalue weighted by molar-refractivity contribution is 0.272. The molecular formula is C12H14BrCl2N. The molecule has 0 N–H and O–H groups in total. The van der Waals surface area contributed by atoms with Crippen molar-refractivity contribution in [2.24, 2.45) is 0 Å². The third-order valence-electron chi connectivity index (χ3n) is 2.80. The molecule has 0 aliphatic heterocycles. The highest BCUT2D eigenvalue weighted by atomic mass is 79.9. The Hall–Kier alpha value is 0.240. The van der Waals surface area contributed by atoms with E-state index in [1.165, 1.54) is 18.4 Å². The van der Waals surface area contributed by atoms with Crippen LogP contribution in [0.25, 0.3) is 0 Å². The zero-order valence-electron chi connectivity index (χ0n) is 8.93. The van der Waals surface area contributed by atoms with Crippen LogP contribution in [0.4, 0.5) is 0 Å². The molecule has 0 heterocycles. The van der Waals surface area contributed by atoms with Crippen LogP contribution >= 0.6 is 39.1 Å². The van der Waals surface area contributed by atoms with E-state index in [0.29, 0.717) is 10.0 Å². The summed E-state index contributed by atoms with van der Waals surface area (Å²) in [6, 6.07) is 6.66. The van der Waals surface area contributed by atoms with Crippen molar-refractivity contribution in [3.63, 3.8) is 0 Å². The molecule has 0 amide bonds. The van der Waals surface area contributed by atoms with Gasteiger partial charge in [0.05, 0.1) is 10.0 Å². The van der Waals surface area contributed by atoms with E-state index in [-0.39, 0.29) is 0 Å². The summed E-state index contributed by atoms with van der Waals surface area (Å²) < 4.78 is 0. The predicted octanol–water partition coefficient (Wildman–Crippen LogP) is 4.35. The van der Waals surface area contributed by atoms with E-state index >= 15 is 0 Å². The van der Waals surface area contributed by atoms with Gasteiger partial charge in [0.1, 0.15) is 0 Å². The fraction of sp³-hybridized carbons (Fsp3) is 0.500. The molecule has 1 aromatic carbocycles. The van der Waals surface area contributed by atoms with Crippen LogP contribution in [0.5, 0.6) is 0 Å². The fourth-order valence-electron chi connectivity index (χ4n) is 1.81. The van der Waals surface area contributed by atoms with Crippen molar-refractivity contribution in [3.05, 3.63) is 33.8 Å². The standard InChI is InChI=1S/C12H14BrCl2N/c13-5-6-16(10-2-3-10)8-9-1-4-11(14)12(15)7-9/h1,4,7,10H,2-3,5-6,8H2. The molecule has 1 fully saturated rings. The minimum absolute atomic E-state index is 0.629. The normalized spacial score (nSPS) is 15.8. The number of halogens is 3. The van der Waals surface area contributed by atoms with Crippen molar-refractivity contribution in [1.29, 1.82) is 0 Å². The van der Waals surface area contributed by atoms with Crippen molar-refractivity contribution in [3.8, 4) is 0 Å². The number of hydrogen-bond donors (Lipinski definition) is 0. The first-order chi connectivity index (χ1) is 7.70. The van der Waals surface area contributed by atoms with E-state index < -0.39 is 0 Å². The summed E-state index contributed by atoms with van der Waals surface area (Å²) in [5.74, 6) is 0. The molecule has 0 radical (unpaired) electrons. The summed E-state index contributed by atoms with van der Waals surface area (Å²) in [6.45, 7) is 2.05. The minimum Gasteiger partial charge on any atom is -0.295 e. The van der Waals surface area contributed by atoms with Gasteiger partial charge in [0, 0.05) is 24.5 Å². The van der Waals surface area contributed by atoms with Gasteiger partial charge in [0.2, 0.25) is 0 Å². The van der Waals surface area contributed by atoms with Crippen molar-refractivity contribution in [1.82, 2.24) is 4.90 Å². The van der Waals surface area contributed by atoms with Crippen LogP contribution in [-0.2, 0) is 6.54 Å². The van der Waals surface area contributed by atoms with Crippen molar-refractivity contribution >= 4 is 39.1 Å². The molecule has 4 heteroatoms. The van der Waals surface area contributed by atoms with Crippen molar-refractivity contribution in [2.75, 3.05) is 11.9 Å². The number of alkyl halides is 1. The summed E-state index contributed by atoms with van der Waals surface area (Å²) in [5, 5.41) is 2.29. The maximum absolute atomic E-state index is 6.01. The third kappa shape index (κ3) is 3.36. The second-order valence-electron chi connectivity index (χ2n) is 4.14. The quantitative estimate of drug-likeness (QED) is 0.728. The highest BCUT2D eigenvalue weighted by Crippen LogP contribution is 2.29. The molecule has 1 aliphatic carbocycles. The largest absolute Gasteiger partial charge is 0.295 e. The van der Waals surface area contributed by atoms with Gasteiger partial charge in [-0.25, -0.2) is 0 Å². The molecule has 88 valence electrons. The average molecular weight is 323 g/mol. The molecule has 1 aliphatic rings. The Morgan fingerprint density at radius 3 is 2.56 bits per heavy atom. The lowest BCUT2D eigenvalue weighted by Crippen LogP contribution is -2.27. The van der Waals surface area contributed by atoms with Crippen molar-refractivity contribution < 1.29 is 0 Å². The zero-order chi connectivity index (χ0) is 11.5. The van der Waals surface area contributed by atoms with E-state index in [1.54, 1.807) is 0 Å². The van der Waals surface area contributed by atoms with Crippen LogP contribution in [0.15, 0.2) is 18.2 Å². The summed E-state index contributed by atoms with van der Waals surface area (Å²) >= 11 is 15.4. The highest BCUT2D eigenvalue weighted by Gasteiger charge is 2.28. The van der Waals surface area contributed by atoms with Gasteiger partial charge in [-0.2, -0.15) is 0 Å². The Kier molecular flexibility index (Phi) is 4.54. The first-order valence-electron chi connectivity index (χ1n) is 5.44.